The van der Waals surface area contributed by atoms with Crippen molar-refractivity contribution < 1.29 is 14.0 Å². The van der Waals surface area contributed by atoms with Crippen molar-refractivity contribution in [2.24, 2.45) is 0 Å². The third-order valence-electron chi connectivity index (χ3n) is 2.69. The van der Waals surface area contributed by atoms with Gasteiger partial charge in [0.2, 0.25) is 5.91 Å². The number of ketones is 1. The van der Waals surface area contributed by atoms with Gasteiger partial charge in [-0.3, -0.25) is 9.59 Å². The van der Waals surface area contributed by atoms with Crippen LogP contribution in [0.3, 0.4) is 0 Å². The van der Waals surface area contributed by atoms with Crippen LogP contribution in [0.5, 0.6) is 0 Å². The first-order chi connectivity index (χ1) is 9.56. The van der Waals surface area contributed by atoms with E-state index in [9.17, 15) is 14.0 Å². The predicted molar refractivity (Wildman–Crippen MR) is 75.5 cm³/mol. The van der Waals surface area contributed by atoms with Gasteiger partial charge in [-0.1, -0.05) is 18.2 Å². The summed E-state index contributed by atoms with van der Waals surface area (Å²) in [6.45, 7) is 1.42. The van der Waals surface area contributed by atoms with Crippen LogP contribution in [0.2, 0.25) is 0 Å². The summed E-state index contributed by atoms with van der Waals surface area (Å²) in [5.41, 5.74) is 0.839. The first-order valence-corrected chi connectivity index (χ1v) is 6.94. The maximum atomic E-state index is 13.4. The van der Waals surface area contributed by atoms with E-state index in [1.165, 1.54) is 24.3 Å². The van der Waals surface area contributed by atoms with Crippen LogP contribution >= 0.6 is 11.3 Å². The Morgan fingerprint density at radius 3 is 2.75 bits per heavy atom. The van der Waals surface area contributed by atoms with Gasteiger partial charge in [-0.25, -0.2) is 9.37 Å². The number of aromatic nitrogens is 1. The SMILES string of the molecule is CC(=O)c1csc(NC(=O)CCc2ccccc2F)n1. The molecule has 1 aromatic carbocycles. The van der Waals surface area contributed by atoms with Crippen LogP contribution in [0, 0.1) is 5.82 Å². The largest absolute Gasteiger partial charge is 0.302 e. The van der Waals surface area contributed by atoms with Crippen LogP contribution in [-0.2, 0) is 11.2 Å². The van der Waals surface area contributed by atoms with Gasteiger partial charge in [0, 0.05) is 18.7 Å². The number of carbonyl (C=O) groups is 2. The Kier molecular flexibility index (Phi) is 4.57. The zero-order valence-electron chi connectivity index (χ0n) is 10.9. The fraction of sp³-hybridized carbons (Fsp3) is 0.214. The lowest BCUT2D eigenvalue weighted by molar-refractivity contribution is -0.116. The molecule has 0 unspecified atom stereocenters. The van der Waals surface area contributed by atoms with E-state index in [1.54, 1.807) is 23.6 Å². The number of carbonyl (C=O) groups excluding carboxylic acids is 2. The summed E-state index contributed by atoms with van der Waals surface area (Å²) in [6, 6.07) is 6.36. The Balaban J connectivity index is 1.89. The standard InChI is InChI=1S/C14H13FN2O2S/c1-9(18)12-8-20-14(16-12)17-13(19)7-6-10-4-2-3-5-11(10)15/h2-5,8H,6-7H2,1H3,(H,16,17,19). The van der Waals surface area contributed by atoms with Crippen LogP contribution < -0.4 is 5.32 Å². The van der Waals surface area contributed by atoms with Crippen molar-refractivity contribution in [2.75, 3.05) is 5.32 Å². The first kappa shape index (κ1) is 14.3. The second-order valence-corrected chi connectivity index (χ2v) is 5.09. The van der Waals surface area contributed by atoms with Gasteiger partial charge < -0.3 is 5.32 Å². The third kappa shape index (κ3) is 3.71. The van der Waals surface area contributed by atoms with Crippen LogP contribution in [0.1, 0.15) is 29.4 Å². The zero-order valence-corrected chi connectivity index (χ0v) is 11.7. The molecule has 2 aromatic rings. The lowest BCUT2D eigenvalue weighted by atomic mass is 10.1. The Labute approximate surface area is 119 Å². The summed E-state index contributed by atoms with van der Waals surface area (Å²) in [6.07, 6.45) is 0.485. The summed E-state index contributed by atoms with van der Waals surface area (Å²) in [5, 5.41) is 4.58. The minimum atomic E-state index is -0.312. The Morgan fingerprint density at radius 2 is 2.10 bits per heavy atom. The van der Waals surface area contributed by atoms with Crippen molar-refractivity contribution in [2.45, 2.75) is 19.8 Å². The second kappa shape index (κ2) is 6.38. The lowest BCUT2D eigenvalue weighted by Gasteiger charge is -2.03. The van der Waals surface area contributed by atoms with E-state index in [0.29, 0.717) is 22.8 Å². The number of aryl methyl sites for hydroxylation is 1. The van der Waals surface area contributed by atoms with Crippen molar-refractivity contribution in [3.8, 4) is 0 Å². The van der Waals surface area contributed by atoms with Crippen LogP contribution in [-0.4, -0.2) is 16.7 Å². The molecule has 4 nitrogen and oxygen atoms in total. The first-order valence-electron chi connectivity index (χ1n) is 6.06. The average Bonchev–Trinajstić information content (AvgIpc) is 2.86. The molecule has 20 heavy (non-hydrogen) atoms. The molecule has 0 aliphatic rings. The smallest absolute Gasteiger partial charge is 0.226 e. The molecule has 1 N–H and O–H groups in total. The average molecular weight is 292 g/mol. The third-order valence-corrected chi connectivity index (χ3v) is 3.45. The molecule has 0 radical (unpaired) electrons. The van der Waals surface area contributed by atoms with Gasteiger partial charge in [0.1, 0.15) is 11.5 Å². The molecule has 0 saturated heterocycles. The van der Waals surface area contributed by atoms with Crippen molar-refractivity contribution in [1.29, 1.82) is 0 Å². The van der Waals surface area contributed by atoms with Gasteiger partial charge in [-0.2, -0.15) is 0 Å². The number of Topliss-reactive ketones (excluding diaryl/α,β-unsaturated/α-hetero) is 1. The highest BCUT2D eigenvalue weighted by molar-refractivity contribution is 7.14. The molecule has 0 saturated carbocycles. The van der Waals surface area contributed by atoms with E-state index in [-0.39, 0.29) is 23.9 Å². The molecule has 1 aromatic heterocycles. The topological polar surface area (TPSA) is 59.1 Å². The highest BCUT2D eigenvalue weighted by atomic mass is 32.1. The number of rotatable bonds is 5. The number of thiazole rings is 1. The summed E-state index contributed by atoms with van der Waals surface area (Å²) in [4.78, 5) is 26.8. The number of nitrogens with one attached hydrogen (secondary N) is 1. The number of hydrogen-bond donors (Lipinski definition) is 1. The molecule has 1 amide bonds. The molecule has 6 heteroatoms. The van der Waals surface area contributed by atoms with Crippen LogP contribution in [0.25, 0.3) is 0 Å². The minimum Gasteiger partial charge on any atom is -0.302 e. The predicted octanol–water partition coefficient (Wildman–Crippen LogP) is 3.06. The fourth-order valence-electron chi connectivity index (χ4n) is 1.62. The summed E-state index contributed by atoms with van der Waals surface area (Å²) in [7, 11) is 0. The van der Waals surface area contributed by atoms with Gasteiger partial charge in [0.15, 0.2) is 10.9 Å². The van der Waals surface area contributed by atoms with Gasteiger partial charge >= 0.3 is 0 Å². The highest BCUT2D eigenvalue weighted by Gasteiger charge is 2.10. The fourth-order valence-corrected chi connectivity index (χ4v) is 2.39. The number of benzene rings is 1. The molecular formula is C14H13FN2O2S. The van der Waals surface area contributed by atoms with E-state index >= 15 is 0 Å². The summed E-state index contributed by atoms with van der Waals surface area (Å²) < 4.78 is 13.4. The van der Waals surface area contributed by atoms with Crippen LogP contribution in [0.4, 0.5) is 9.52 Å². The Hall–Kier alpha value is -2.08. The van der Waals surface area contributed by atoms with Gasteiger partial charge in [0.05, 0.1) is 0 Å². The van der Waals surface area contributed by atoms with Gasteiger partial charge in [0.25, 0.3) is 0 Å². The zero-order chi connectivity index (χ0) is 14.5. The van der Waals surface area contributed by atoms with Crippen molar-refractivity contribution in [1.82, 2.24) is 4.98 Å². The van der Waals surface area contributed by atoms with Gasteiger partial charge in [-0.05, 0) is 18.1 Å². The monoisotopic (exact) mass is 292 g/mol. The quantitative estimate of drug-likeness (QED) is 0.862. The molecule has 0 bridgehead atoms. The highest BCUT2D eigenvalue weighted by Crippen LogP contribution is 2.16. The molecule has 104 valence electrons. The van der Waals surface area contributed by atoms with E-state index in [1.807, 2.05) is 0 Å². The molecule has 0 spiro atoms. The van der Waals surface area contributed by atoms with Crippen molar-refractivity contribution in [3.63, 3.8) is 0 Å². The summed E-state index contributed by atoms with van der Waals surface area (Å²) in [5.74, 6) is -0.709. The number of nitrogens with zero attached hydrogens (tertiary/aromatic N) is 1. The molecule has 0 aliphatic carbocycles. The number of hydrogen-bond acceptors (Lipinski definition) is 4. The lowest BCUT2D eigenvalue weighted by Crippen LogP contribution is -2.12. The van der Waals surface area contributed by atoms with E-state index < -0.39 is 0 Å². The molecule has 1 heterocycles. The number of anilines is 1. The maximum Gasteiger partial charge on any atom is 0.226 e. The summed E-state index contributed by atoms with van der Waals surface area (Å²) >= 11 is 1.19. The second-order valence-electron chi connectivity index (χ2n) is 4.23. The molecular weight excluding hydrogens is 279 g/mol. The van der Waals surface area contributed by atoms with E-state index in [4.69, 9.17) is 0 Å². The van der Waals surface area contributed by atoms with Crippen LogP contribution in [0.15, 0.2) is 29.6 Å². The number of amides is 1. The van der Waals surface area contributed by atoms with Crippen molar-refractivity contribution >= 4 is 28.2 Å². The molecule has 0 aliphatic heterocycles. The molecule has 2 rings (SSSR count). The number of halogens is 1. The van der Waals surface area contributed by atoms with Gasteiger partial charge in [-0.15, -0.1) is 11.3 Å². The Morgan fingerprint density at radius 1 is 1.35 bits per heavy atom. The van der Waals surface area contributed by atoms with E-state index in [0.717, 1.165) is 0 Å². The molecule has 0 fully saturated rings. The minimum absolute atomic E-state index is 0.145. The van der Waals surface area contributed by atoms with E-state index in [2.05, 4.69) is 10.3 Å². The normalized spacial score (nSPS) is 10.3. The maximum absolute atomic E-state index is 13.4. The molecule has 0 atom stereocenters. The van der Waals surface area contributed by atoms with Crippen molar-refractivity contribution in [3.05, 3.63) is 46.7 Å². The Bertz CT molecular complexity index is 640.